The van der Waals surface area contributed by atoms with E-state index in [1.54, 1.807) is 30.3 Å². The predicted molar refractivity (Wildman–Crippen MR) is 127 cm³/mol. The SMILES string of the molecule is O=[N+]([O-])c1ccc(-c2csc(=Nc3ccccc3[N+](=O)[O-])n2CCCc2ccccc2)cc1. The summed E-state index contributed by atoms with van der Waals surface area (Å²) in [6.45, 7) is 0.643. The first-order valence-corrected chi connectivity index (χ1v) is 11.2. The second kappa shape index (κ2) is 10.0. The molecule has 0 saturated heterocycles. The zero-order valence-corrected chi connectivity index (χ0v) is 18.4. The average molecular weight is 461 g/mol. The zero-order valence-electron chi connectivity index (χ0n) is 17.5. The van der Waals surface area contributed by atoms with Crippen molar-refractivity contribution in [3.8, 4) is 11.3 Å². The van der Waals surface area contributed by atoms with Crippen molar-refractivity contribution in [2.75, 3.05) is 0 Å². The van der Waals surface area contributed by atoms with Gasteiger partial charge in [0.05, 0.1) is 15.5 Å². The Balaban J connectivity index is 1.73. The second-order valence-electron chi connectivity index (χ2n) is 7.31. The number of aromatic nitrogens is 1. The van der Waals surface area contributed by atoms with Crippen LogP contribution in [0.15, 0.2) is 89.2 Å². The molecule has 4 rings (SSSR count). The topological polar surface area (TPSA) is 104 Å². The number of hydrogen-bond acceptors (Lipinski definition) is 6. The van der Waals surface area contributed by atoms with E-state index in [0.29, 0.717) is 11.3 Å². The Hall–Kier alpha value is -4.11. The fourth-order valence-electron chi connectivity index (χ4n) is 3.52. The van der Waals surface area contributed by atoms with Crippen LogP contribution in [0.5, 0.6) is 0 Å². The molecular weight excluding hydrogens is 440 g/mol. The van der Waals surface area contributed by atoms with Gasteiger partial charge in [-0.15, -0.1) is 11.3 Å². The van der Waals surface area contributed by atoms with E-state index in [1.807, 2.05) is 28.1 Å². The third-order valence-corrected chi connectivity index (χ3v) is 6.02. The third kappa shape index (κ3) is 5.21. The summed E-state index contributed by atoms with van der Waals surface area (Å²) in [5.74, 6) is 0. The van der Waals surface area contributed by atoms with Crippen LogP contribution in [0.4, 0.5) is 17.1 Å². The molecule has 0 N–H and O–H groups in total. The molecule has 0 aliphatic rings. The molecule has 0 fully saturated rings. The maximum Gasteiger partial charge on any atom is 0.294 e. The fraction of sp³-hybridized carbons (Fsp3) is 0.125. The number of benzene rings is 3. The number of nitro benzene ring substituents is 2. The fourth-order valence-corrected chi connectivity index (χ4v) is 4.47. The van der Waals surface area contributed by atoms with Crippen LogP contribution < -0.4 is 4.80 Å². The van der Waals surface area contributed by atoms with E-state index in [-0.39, 0.29) is 17.1 Å². The number of para-hydroxylation sites is 2. The van der Waals surface area contributed by atoms with E-state index >= 15 is 0 Å². The van der Waals surface area contributed by atoms with E-state index in [4.69, 9.17) is 0 Å². The van der Waals surface area contributed by atoms with Gasteiger partial charge in [0.2, 0.25) is 0 Å². The molecule has 0 unspecified atom stereocenters. The first-order chi connectivity index (χ1) is 16.0. The van der Waals surface area contributed by atoms with Crippen LogP contribution in [0.2, 0.25) is 0 Å². The van der Waals surface area contributed by atoms with Gasteiger partial charge < -0.3 is 4.57 Å². The van der Waals surface area contributed by atoms with Crippen molar-refractivity contribution >= 4 is 28.4 Å². The van der Waals surface area contributed by atoms with Crippen molar-refractivity contribution in [3.63, 3.8) is 0 Å². The van der Waals surface area contributed by atoms with Gasteiger partial charge in [-0.3, -0.25) is 20.2 Å². The first kappa shape index (κ1) is 22.1. The third-order valence-electron chi connectivity index (χ3n) is 5.16. The largest absolute Gasteiger partial charge is 0.316 e. The molecule has 0 aliphatic carbocycles. The molecule has 0 amide bonds. The summed E-state index contributed by atoms with van der Waals surface area (Å²) in [5.41, 5.74) is 3.16. The van der Waals surface area contributed by atoms with Crippen LogP contribution in [0.25, 0.3) is 11.3 Å². The van der Waals surface area contributed by atoms with Gasteiger partial charge in [0.15, 0.2) is 4.80 Å². The van der Waals surface area contributed by atoms with E-state index in [0.717, 1.165) is 24.1 Å². The maximum atomic E-state index is 11.4. The Morgan fingerprint density at radius 2 is 1.55 bits per heavy atom. The molecule has 0 bridgehead atoms. The van der Waals surface area contributed by atoms with Gasteiger partial charge in [-0.05, 0) is 42.2 Å². The van der Waals surface area contributed by atoms with E-state index in [9.17, 15) is 20.2 Å². The van der Waals surface area contributed by atoms with Gasteiger partial charge in [0.25, 0.3) is 11.4 Å². The molecule has 4 aromatic rings. The molecule has 0 aliphatic heterocycles. The van der Waals surface area contributed by atoms with Crippen molar-refractivity contribution < 1.29 is 9.85 Å². The lowest BCUT2D eigenvalue weighted by molar-refractivity contribution is -0.384. The van der Waals surface area contributed by atoms with Crippen molar-refractivity contribution in [2.24, 2.45) is 4.99 Å². The highest BCUT2D eigenvalue weighted by atomic mass is 32.1. The maximum absolute atomic E-state index is 11.4. The molecule has 0 radical (unpaired) electrons. The predicted octanol–water partition coefficient (Wildman–Crippen LogP) is 5.90. The molecule has 0 spiro atoms. The summed E-state index contributed by atoms with van der Waals surface area (Å²) >= 11 is 1.38. The Labute approximate surface area is 193 Å². The number of hydrogen-bond donors (Lipinski definition) is 0. The van der Waals surface area contributed by atoms with Crippen molar-refractivity contribution in [1.29, 1.82) is 0 Å². The monoisotopic (exact) mass is 460 g/mol. The van der Waals surface area contributed by atoms with Gasteiger partial charge in [0.1, 0.15) is 5.69 Å². The number of rotatable bonds is 8. The Kier molecular flexibility index (Phi) is 6.70. The van der Waals surface area contributed by atoms with E-state index in [2.05, 4.69) is 17.1 Å². The van der Waals surface area contributed by atoms with Crippen molar-refractivity contribution in [2.45, 2.75) is 19.4 Å². The van der Waals surface area contributed by atoms with Gasteiger partial charge in [-0.1, -0.05) is 42.5 Å². The molecule has 166 valence electrons. The van der Waals surface area contributed by atoms with Crippen molar-refractivity contribution in [3.05, 3.63) is 115 Å². The van der Waals surface area contributed by atoms with Gasteiger partial charge in [-0.2, -0.15) is 0 Å². The second-order valence-corrected chi connectivity index (χ2v) is 8.14. The van der Waals surface area contributed by atoms with Gasteiger partial charge in [0, 0.05) is 30.1 Å². The number of non-ortho nitro benzene ring substituents is 1. The molecule has 8 nitrogen and oxygen atoms in total. The quantitative estimate of drug-likeness (QED) is 0.241. The van der Waals surface area contributed by atoms with Crippen LogP contribution in [0, 0.1) is 20.2 Å². The summed E-state index contributed by atoms with van der Waals surface area (Å²) < 4.78 is 2.02. The Bertz CT molecular complexity index is 1340. The highest BCUT2D eigenvalue weighted by Crippen LogP contribution is 2.27. The molecule has 1 aromatic heterocycles. The number of thiazole rings is 1. The van der Waals surface area contributed by atoms with Crippen LogP contribution in [-0.4, -0.2) is 14.4 Å². The molecule has 33 heavy (non-hydrogen) atoms. The summed E-state index contributed by atoms with van der Waals surface area (Å²) in [6, 6.07) is 22.9. The van der Waals surface area contributed by atoms with E-state index in [1.165, 1.54) is 35.1 Å². The average Bonchev–Trinajstić information content (AvgIpc) is 3.22. The lowest BCUT2D eigenvalue weighted by Crippen LogP contribution is -2.16. The van der Waals surface area contributed by atoms with Crippen molar-refractivity contribution in [1.82, 2.24) is 4.57 Å². The molecule has 3 aromatic carbocycles. The van der Waals surface area contributed by atoms with Crippen LogP contribution >= 0.6 is 11.3 Å². The molecule has 0 atom stereocenters. The Morgan fingerprint density at radius 3 is 2.24 bits per heavy atom. The summed E-state index contributed by atoms with van der Waals surface area (Å²) in [6.07, 6.45) is 1.71. The molecular formula is C24H20N4O4S. The smallest absolute Gasteiger partial charge is 0.294 e. The minimum absolute atomic E-state index is 0.0226. The highest BCUT2D eigenvalue weighted by Gasteiger charge is 2.14. The summed E-state index contributed by atoms with van der Waals surface area (Å²) in [4.78, 5) is 26.8. The normalized spacial score (nSPS) is 11.5. The zero-order chi connectivity index (χ0) is 23.2. The minimum atomic E-state index is -0.441. The Morgan fingerprint density at radius 1 is 0.848 bits per heavy atom. The molecule has 9 heteroatoms. The molecule has 1 heterocycles. The van der Waals surface area contributed by atoms with Gasteiger partial charge >= 0.3 is 0 Å². The summed E-state index contributed by atoms with van der Waals surface area (Å²) in [5, 5.41) is 24.4. The van der Waals surface area contributed by atoms with Gasteiger partial charge in [-0.25, -0.2) is 4.99 Å². The van der Waals surface area contributed by atoms with Crippen LogP contribution in [-0.2, 0) is 13.0 Å². The van der Waals surface area contributed by atoms with E-state index < -0.39 is 9.85 Å². The first-order valence-electron chi connectivity index (χ1n) is 10.3. The molecule has 0 saturated carbocycles. The number of nitrogens with zero attached hydrogens (tertiary/aromatic N) is 4. The number of aryl methyl sites for hydroxylation is 1. The van der Waals surface area contributed by atoms with Crippen LogP contribution in [0.1, 0.15) is 12.0 Å². The standard InChI is InChI=1S/C24H20N4O4S/c29-27(30)20-14-12-19(13-15-20)23-17-33-24(25-21-10-4-5-11-22(21)28(31)32)26(23)16-6-9-18-7-2-1-3-8-18/h1-5,7-8,10-15,17H,6,9,16H2. The summed E-state index contributed by atoms with van der Waals surface area (Å²) in [7, 11) is 0. The highest BCUT2D eigenvalue weighted by molar-refractivity contribution is 7.07. The lowest BCUT2D eigenvalue weighted by Gasteiger charge is -2.10. The minimum Gasteiger partial charge on any atom is -0.316 e. The lowest BCUT2D eigenvalue weighted by atomic mass is 10.1. The number of nitro groups is 2. The van der Waals surface area contributed by atoms with Crippen LogP contribution in [0.3, 0.4) is 0 Å².